The Morgan fingerprint density at radius 2 is 1.96 bits per heavy atom. The second-order valence-electron chi connectivity index (χ2n) is 7.70. The lowest BCUT2D eigenvalue weighted by atomic mass is 9.81. The van der Waals surface area contributed by atoms with Crippen molar-refractivity contribution in [1.82, 2.24) is 24.3 Å². The lowest BCUT2D eigenvalue weighted by Crippen LogP contribution is -2.18. The van der Waals surface area contributed by atoms with Crippen LogP contribution in [-0.2, 0) is 25.9 Å². The normalized spacial score (nSPS) is 22.8. The van der Waals surface area contributed by atoms with Crippen LogP contribution in [-0.4, -0.2) is 24.3 Å². The zero-order chi connectivity index (χ0) is 16.8. The molecular formula is C20H25N5. The van der Waals surface area contributed by atoms with Crippen LogP contribution in [0, 0.1) is 11.8 Å². The van der Waals surface area contributed by atoms with E-state index in [-0.39, 0.29) is 0 Å². The summed E-state index contributed by atoms with van der Waals surface area (Å²) in [4.78, 5) is 4.80. The molecule has 2 bridgehead atoms. The highest BCUT2D eigenvalue weighted by atomic mass is 15.3. The number of rotatable bonds is 3. The molecule has 3 aromatic rings. The third-order valence-electron chi connectivity index (χ3n) is 6.06. The Hall–Kier alpha value is -2.17. The molecule has 1 fully saturated rings. The summed E-state index contributed by atoms with van der Waals surface area (Å²) in [6, 6.07) is 8.41. The first kappa shape index (κ1) is 15.1. The van der Waals surface area contributed by atoms with Gasteiger partial charge in [0.05, 0.1) is 17.6 Å². The zero-order valence-corrected chi connectivity index (χ0v) is 14.9. The fraction of sp³-hybridized carbons (Fsp3) is 0.550. The molecule has 0 spiro atoms. The minimum atomic E-state index is 0.772. The highest BCUT2D eigenvalue weighted by molar-refractivity contribution is 5.76. The Balaban J connectivity index is 1.54. The molecule has 3 heterocycles. The lowest BCUT2D eigenvalue weighted by Gasteiger charge is -2.25. The monoisotopic (exact) mass is 335 g/mol. The molecule has 0 N–H and O–H groups in total. The van der Waals surface area contributed by atoms with Crippen LogP contribution in [0.4, 0.5) is 0 Å². The Bertz CT molecular complexity index is 906. The lowest BCUT2D eigenvalue weighted by molar-refractivity contribution is 0.260. The largest absolute Gasteiger partial charge is 0.320 e. The van der Waals surface area contributed by atoms with Crippen molar-refractivity contribution < 1.29 is 0 Å². The van der Waals surface area contributed by atoms with E-state index in [0.717, 1.165) is 54.9 Å². The molecule has 130 valence electrons. The number of para-hydroxylation sites is 2. The summed E-state index contributed by atoms with van der Waals surface area (Å²) >= 11 is 0. The molecule has 0 radical (unpaired) electrons. The molecule has 2 aliphatic rings. The van der Waals surface area contributed by atoms with E-state index < -0.39 is 0 Å². The molecule has 1 aliphatic carbocycles. The smallest absolute Gasteiger partial charge is 0.153 e. The van der Waals surface area contributed by atoms with Gasteiger partial charge in [-0.25, -0.2) is 4.98 Å². The Kier molecular flexibility index (Phi) is 3.61. The van der Waals surface area contributed by atoms with Gasteiger partial charge < -0.3 is 9.13 Å². The molecular weight excluding hydrogens is 310 g/mol. The van der Waals surface area contributed by atoms with Crippen LogP contribution >= 0.6 is 0 Å². The number of nitrogens with zero attached hydrogens (tertiary/aromatic N) is 5. The van der Waals surface area contributed by atoms with Crippen molar-refractivity contribution in [2.45, 2.75) is 58.5 Å². The van der Waals surface area contributed by atoms with Crippen LogP contribution in [0.2, 0.25) is 0 Å². The summed E-state index contributed by atoms with van der Waals surface area (Å²) in [5.41, 5.74) is 2.27. The van der Waals surface area contributed by atoms with E-state index >= 15 is 0 Å². The van der Waals surface area contributed by atoms with Gasteiger partial charge in [0, 0.05) is 19.4 Å². The van der Waals surface area contributed by atoms with Gasteiger partial charge in [0.1, 0.15) is 11.6 Å². The Morgan fingerprint density at radius 3 is 2.88 bits per heavy atom. The Labute approximate surface area is 148 Å². The molecule has 2 atom stereocenters. The molecule has 0 saturated heterocycles. The summed E-state index contributed by atoms with van der Waals surface area (Å²) < 4.78 is 4.74. The summed E-state index contributed by atoms with van der Waals surface area (Å²) in [6.07, 6.45) is 7.52. The quantitative estimate of drug-likeness (QED) is 0.735. The number of fused-ring (bicyclic) bond motifs is 4. The molecule has 5 nitrogen and oxygen atoms in total. The summed E-state index contributed by atoms with van der Waals surface area (Å²) in [5, 5.41) is 9.16. The number of hydrogen-bond acceptors (Lipinski definition) is 3. The molecule has 0 amide bonds. The number of hydrogen-bond donors (Lipinski definition) is 0. The van der Waals surface area contributed by atoms with Crippen LogP contribution in [0.3, 0.4) is 0 Å². The molecule has 2 aromatic heterocycles. The van der Waals surface area contributed by atoms with E-state index in [1.807, 2.05) is 0 Å². The molecule has 5 heteroatoms. The number of aryl methyl sites for hydroxylation is 1. The molecule has 2 unspecified atom stereocenters. The van der Waals surface area contributed by atoms with Crippen LogP contribution in [0.5, 0.6) is 0 Å². The van der Waals surface area contributed by atoms with E-state index in [1.165, 1.54) is 37.0 Å². The van der Waals surface area contributed by atoms with Gasteiger partial charge >= 0.3 is 0 Å². The van der Waals surface area contributed by atoms with Gasteiger partial charge in [0.25, 0.3) is 0 Å². The van der Waals surface area contributed by atoms with Crippen molar-refractivity contribution in [1.29, 1.82) is 0 Å². The van der Waals surface area contributed by atoms with Gasteiger partial charge in [-0.15, -0.1) is 10.2 Å². The van der Waals surface area contributed by atoms with Crippen molar-refractivity contribution in [3.05, 3.63) is 41.7 Å². The van der Waals surface area contributed by atoms with Crippen LogP contribution < -0.4 is 0 Å². The average molecular weight is 335 g/mol. The van der Waals surface area contributed by atoms with Gasteiger partial charge in [-0.05, 0) is 43.2 Å². The summed E-state index contributed by atoms with van der Waals surface area (Å²) in [5.74, 6) is 5.05. The number of imidazole rings is 1. The van der Waals surface area contributed by atoms with Crippen LogP contribution in [0.15, 0.2) is 24.3 Å². The van der Waals surface area contributed by atoms with Crippen molar-refractivity contribution >= 4 is 11.0 Å². The number of benzene rings is 1. The standard InChI is InChI=1S/C20H25N5/c1-2-18-21-16-8-3-4-9-17(16)24(18)13-20-23-22-19-11-14-6-5-7-15(10-14)12-25(19)20/h3-4,8-9,14-15H,2,5-7,10-13H2,1H3. The van der Waals surface area contributed by atoms with Crippen molar-refractivity contribution in [3.63, 3.8) is 0 Å². The van der Waals surface area contributed by atoms with E-state index in [0.29, 0.717) is 0 Å². The van der Waals surface area contributed by atoms with E-state index in [1.54, 1.807) is 0 Å². The van der Waals surface area contributed by atoms with Gasteiger partial charge in [-0.3, -0.25) is 0 Å². The average Bonchev–Trinajstić information content (AvgIpc) is 3.14. The molecule has 5 rings (SSSR count). The van der Waals surface area contributed by atoms with Gasteiger partial charge in [0.2, 0.25) is 0 Å². The second-order valence-corrected chi connectivity index (χ2v) is 7.70. The molecule has 1 aliphatic heterocycles. The highest BCUT2D eigenvalue weighted by Gasteiger charge is 2.29. The third kappa shape index (κ3) is 2.57. The summed E-state index contributed by atoms with van der Waals surface area (Å²) in [6.45, 7) is 4.04. The second kappa shape index (κ2) is 5.97. The summed E-state index contributed by atoms with van der Waals surface area (Å²) in [7, 11) is 0. The number of aromatic nitrogens is 5. The predicted octanol–water partition coefficient (Wildman–Crippen LogP) is 3.60. The maximum Gasteiger partial charge on any atom is 0.153 e. The van der Waals surface area contributed by atoms with Crippen LogP contribution in [0.25, 0.3) is 11.0 Å². The molecule has 1 aromatic carbocycles. The minimum Gasteiger partial charge on any atom is -0.320 e. The third-order valence-corrected chi connectivity index (χ3v) is 6.06. The van der Waals surface area contributed by atoms with Gasteiger partial charge in [-0.1, -0.05) is 25.5 Å². The SMILES string of the molecule is CCc1nc2ccccc2n1Cc1nnc2n1CC1CCCC(C2)C1. The van der Waals surface area contributed by atoms with Crippen molar-refractivity contribution in [2.75, 3.05) is 0 Å². The molecule has 1 saturated carbocycles. The van der Waals surface area contributed by atoms with Gasteiger partial charge in [0.15, 0.2) is 5.82 Å². The zero-order valence-electron chi connectivity index (χ0n) is 14.9. The molecule has 25 heavy (non-hydrogen) atoms. The van der Waals surface area contributed by atoms with Crippen molar-refractivity contribution in [3.8, 4) is 0 Å². The fourth-order valence-corrected chi connectivity index (χ4v) is 4.83. The maximum atomic E-state index is 4.80. The van der Waals surface area contributed by atoms with Crippen molar-refractivity contribution in [2.24, 2.45) is 11.8 Å². The minimum absolute atomic E-state index is 0.772. The maximum absolute atomic E-state index is 4.80. The predicted molar refractivity (Wildman–Crippen MR) is 97.4 cm³/mol. The van der Waals surface area contributed by atoms with Gasteiger partial charge in [-0.2, -0.15) is 0 Å². The van der Waals surface area contributed by atoms with E-state index in [9.17, 15) is 0 Å². The first-order valence-electron chi connectivity index (χ1n) is 9.67. The first-order chi connectivity index (χ1) is 12.3. The fourth-order valence-electron chi connectivity index (χ4n) is 4.83. The topological polar surface area (TPSA) is 48.5 Å². The first-order valence-corrected chi connectivity index (χ1v) is 9.67. The van der Waals surface area contributed by atoms with Crippen LogP contribution in [0.1, 0.15) is 50.1 Å². The van der Waals surface area contributed by atoms with E-state index in [2.05, 4.69) is 50.5 Å². The Morgan fingerprint density at radius 1 is 1.08 bits per heavy atom. The highest BCUT2D eigenvalue weighted by Crippen LogP contribution is 2.35. The van der Waals surface area contributed by atoms with E-state index in [4.69, 9.17) is 4.98 Å².